The van der Waals surface area contributed by atoms with Crippen molar-refractivity contribution in [1.82, 2.24) is 4.90 Å². The van der Waals surface area contributed by atoms with Gasteiger partial charge in [-0.3, -0.25) is 4.90 Å². The second-order valence-electron chi connectivity index (χ2n) is 4.24. The van der Waals surface area contributed by atoms with Crippen LogP contribution in [-0.4, -0.2) is 56.7 Å². The fourth-order valence-corrected chi connectivity index (χ4v) is 1.52. The van der Waals surface area contributed by atoms with E-state index in [0.29, 0.717) is 0 Å². The molecule has 1 heterocycles. The molecule has 1 rings (SSSR count). The van der Waals surface area contributed by atoms with E-state index in [9.17, 15) is 13.2 Å². The second-order valence-corrected chi connectivity index (χ2v) is 5.61. The number of nitrogens with one attached hydrogen (secondary N) is 1. The summed E-state index contributed by atoms with van der Waals surface area (Å²) < 4.78 is 58.9. The first kappa shape index (κ1) is 17.6. The first-order chi connectivity index (χ1) is 8.08. The highest BCUT2D eigenvalue weighted by Crippen LogP contribution is 2.20. The number of halogens is 3. The number of quaternary nitrogens is 1. The fraction of sp³-hybridized carbons (Fsp3) is 1.00. The molecule has 1 aliphatic rings. The Balaban J connectivity index is 0.000000331. The lowest BCUT2D eigenvalue weighted by molar-refractivity contribution is -0.891. The molecular weight excluding hydrogens is 273 g/mol. The lowest BCUT2D eigenvalue weighted by Gasteiger charge is -2.10. The molecule has 1 saturated heterocycles. The van der Waals surface area contributed by atoms with Crippen molar-refractivity contribution in [2.24, 2.45) is 0 Å². The summed E-state index contributed by atoms with van der Waals surface area (Å²) in [6.45, 7) is 7.55. The minimum atomic E-state index is -6.09. The van der Waals surface area contributed by atoms with Crippen LogP contribution in [0.2, 0.25) is 0 Å². The molecule has 0 bridgehead atoms. The van der Waals surface area contributed by atoms with Crippen LogP contribution in [0.5, 0.6) is 0 Å². The number of nitrogens with zero attached hydrogens (tertiary/aromatic N) is 1. The predicted molar refractivity (Wildman–Crippen MR) is 58.9 cm³/mol. The molecule has 0 aromatic rings. The van der Waals surface area contributed by atoms with Crippen LogP contribution < -0.4 is 4.90 Å². The first-order valence-corrected chi connectivity index (χ1v) is 7.03. The van der Waals surface area contributed by atoms with Crippen molar-refractivity contribution in [1.29, 1.82) is 0 Å². The van der Waals surface area contributed by atoms with Crippen molar-refractivity contribution < 1.29 is 31.0 Å². The monoisotopic (exact) mass is 292 g/mol. The van der Waals surface area contributed by atoms with Crippen molar-refractivity contribution in [3.8, 4) is 0 Å². The molecule has 18 heavy (non-hydrogen) atoms. The van der Waals surface area contributed by atoms with Gasteiger partial charge in [0, 0.05) is 0 Å². The van der Waals surface area contributed by atoms with Crippen LogP contribution in [0.3, 0.4) is 0 Å². The number of likely N-dealkylation sites (N-methyl/N-ethyl adjacent to an activating group) is 1. The van der Waals surface area contributed by atoms with Gasteiger partial charge in [0.25, 0.3) is 0 Å². The number of hydrogen-bond acceptors (Lipinski definition) is 4. The van der Waals surface area contributed by atoms with Gasteiger partial charge in [0.05, 0.1) is 19.6 Å². The first-order valence-electron chi connectivity index (χ1n) is 5.62. The Bertz CT molecular complexity index is 332. The Morgan fingerprint density at radius 1 is 1.39 bits per heavy atom. The highest BCUT2D eigenvalue weighted by Gasteiger charge is 2.36. The SMILES string of the molecule is CCCC[NH+]1CCN(C)C1.O=S(=O)([O-])C(F)(F)F. The lowest BCUT2D eigenvalue weighted by Crippen LogP contribution is -3.10. The third-order valence-electron chi connectivity index (χ3n) is 2.51. The van der Waals surface area contributed by atoms with E-state index in [-0.39, 0.29) is 0 Å². The molecule has 110 valence electrons. The van der Waals surface area contributed by atoms with E-state index in [2.05, 4.69) is 18.9 Å². The summed E-state index contributed by atoms with van der Waals surface area (Å²) >= 11 is 0. The third-order valence-corrected chi connectivity index (χ3v) is 3.07. The second kappa shape index (κ2) is 7.27. The standard InChI is InChI=1S/C8H18N2.CHF3O3S/c1-3-4-5-10-7-6-9(2)8-10;2-1(3,4)8(5,6)7/h3-8H2,1-2H3;(H,5,6,7). The molecule has 0 aromatic carbocycles. The van der Waals surface area contributed by atoms with Crippen LogP contribution in [0, 0.1) is 0 Å². The van der Waals surface area contributed by atoms with Crippen molar-refractivity contribution >= 4 is 10.1 Å². The van der Waals surface area contributed by atoms with Crippen molar-refractivity contribution in [3.63, 3.8) is 0 Å². The summed E-state index contributed by atoms with van der Waals surface area (Å²) in [5, 5.41) is 0. The maximum atomic E-state index is 10.7. The maximum Gasteiger partial charge on any atom is 0.485 e. The van der Waals surface area contributed by atoms with Gasteiger partial charge in [-0.25, -0.2) is 8.42 Å². The van der Waals surface area contributed by atoms with Gasteiger partial charge in [-0.05, 0) is 13.5 Å². The average Bonchev–Trinajstić information content (AvgIpc) is 2.59. The van der Waals surface area contributed by atoms with Gasteiger partial charge in [-0.1, -0.05) is 13.3 Å². The molecule has 0 radical (unpaired) electrons. The van der Waals surface area contributed by atoms with E-state index in [4.69, 9.17) is 13.0 Å². The van der Waals surface area contributed by atoms with E-state index in [1.807, 2.05) is 0 Å². The van der Waals surface area contributed by atoms with Gasteiger partial charge in [0.2, 0.25) is 0 Å². The largest absolute Gasteiger partial charge is 0.741 e. The van der Waals surface area contributed by atoms with Gasteiger partial charge in [-0.15, -0.1) is 0 Å². The fourth-order valence-electron chi connectivity index (χ4n) is 1.52. The Morgan fingerprint density at radius 3 is 2.17 bits per heavy atom. The van der Waals surface area contributed by atoms with Gasteiger partial charge in [-0.2, -0.15) is 13.2 Å². The number of rotatable bonds is 3. The van der Waals surface area contributed by atoms with Gasteiger partial charge >= 0.3 is 5.51 Å². The van der Waals surface area contributed by atoms with E-state index >= 15 is 0 Å². The molecule has 0 aromatic heterocycles. The molecule has 1 atom stereocenters. The molecular formula is C9H19F3N2O3S. The molecule has 1 N–H and O–H groups in total. The van der Waals surface area contributed by atoms with Crippen LogP contribution >= 0.6 is 0 Å². The third kappa shape index (κ3) is 7.14. The van der Waals surface area contributed by atoms with Crippen LogP contribution in [0.25, 0.3) is 0 Å². The predicted octanol–water partition coefficient (Wildman–Crippen LogP) is -0.374. The minimum Gasteiger partial charge on any atom is -0.741 e. The van der Waals surface area contributed by atoms with Crippen LogP contribution in [0.15, 0.2) is 0 Å². The Morgan fingerprint density at radius 2 is 1.89 bits per heavy atom. The summed E-state index contributed by atoms with van der Waals surface area (Å²) in [6.07, 6.45) is 2.73. The molecule has 1 aliphatic heterocycles. The van der Waals surface area contributed by atoms with E-state index in [1.54, 1.807) is 4.90 Å². The number of alkyl halides is 3. The molecule has 0 spiro atoms. The highest BCUT2D eigenvalue weighted by molar-refractivity contribution is 7.86. The molecule has 1 unspecified atom stereocenters. The van der Waals surface area contributed by atoms with Crippen molar-refractivity contribution in [3.05, 3.63) is 0 Å². The zero-order valence-electron chi connectivity index (χ0n) is 10.5. The lowest BCUT2D eigenvalue weighted by atomic mass is 10.3. The zero-order chi connectivity index (χ0) is 14.4. The smallest absolute Gasteiger partial charge is 0.485 e. The van der Waals surface area contributed by atoms with Crippen molar-refractivity contribution in [2.45, 2.75) is 25.3 Å². The van der Waals surface area contributed by atoms with Crippen LogP contribution in [0.1, 0.15) is 19.8 Å². The van der Waals surface area contributed by atoms with Crippen LogP contribution in [0.4, 0.5) is 13.2 Å². The van der Waals surface area contributed by atoms with Gasteiger partial charge < -0.3 is 9.45 Å². The van der Waals surface area contributed by atoms with Crippen molar-refractivity contribution in [2.75, 3.05) is 33.4 Å². The molecule has 5 nitrogen and oxygen atoms in total. The summed E-state index contributed by atoms with van der Waals surface area (Å²) in [5.41, 5.74) is -5.65. The Labute approximate surface area is 105 Å². The molecule has 9 heteroatoms. The Hall–Kier alpha value is -0.380. The zero-order valence-corrected chi connectivity index (χ0v) is 11.3. The summed E-state index contributed by atoms with van der Waals surface area (Å²) in [7, 11) is -3.88. The quantitative estimate of drug-likeness (QED) is 0.569. The molecule has 0 saturated carbocycles. The number of unbranched alkanes of at least 4 members (excludes halogenated alkanes) is 1. The molecule has 0 amide bonds. The summed E-state index contributed by atoms with van der Waals surface area (Å²) in [6, 6.07) is 0. The topological polar surface area (TPSA) is 64.9 Å². The maximum absolute atomic E-state index is 10.7. The normalized spacial score (nSPS) is 21.6. The van der Waals surface area contributed by atoms with E-state index < -0.39 is 15.6 Å². The molecule has 0 aliphatic carbocycles. The highest BCUT2D eigenvalue weighted by atomic mass is 32.2. The van der Waals surface area contributed by atoms with Gasteiger partial charge in [0.1, 0.15) is 6.67 Å². The Kier molecular flexibility index (Phi) is 7.11. The van der Waals surface area contributed by atoms with Crippen LogP contribution in [-0.2, 0) is 10.1 Å². The van der Waals surface area contributed by atoms with E-state index in [0.717, 1.165) is 0 Å². The van der Waals surface area contributed by atoms with Gasteiger partial charge in [0.15, 0.2) is 10.1 Å². The average molecular weight is 292 g/mol. The summed E-state index contributed by atoms with van der Waals surface area (Å²) in [4.78, 5) is 4.18. The minimum absolute atomic E-state index is 1.26. The molecule has 1 fully saturated rings. The number of hydrogen-bond donors (Lipinski definition) is 1. The van der Waals surface area contributed by atoms with E-state index in [1.165, 1.54) is 39.1 Å². The summed E-state index contributed by atoms with van der Waals surface area (Å²) in [5.74, 6) is 0.